The van der Waals surface area contributed by atoms with E-state index in [1.54, 1.807) is 19.2 Å². The summed E-state index contributed by atoms with van der Waals surface area (Å²) >= 11 is 0. The number of para-hydroxylation sites is 1. The first-order valence-corrected chi connectivity index (χ1v) is 8.25. The second kappa shape index (κ2) is 7.67. The number of ether oxygens (including phenoxy) is 1. The molecule has 0 aliphatic carbocycles. The molecule has 0 heterocycles. The highest BCUT2D eigenvalue weighted by atomic mass is 16.5. The molecule has 3 nitrogen and oxygen atoms in total. The molecule has 1 N–H and O–H groups in total. The smallest absolute Gasteiger partial charge is 0.255 e. The fourth-order valence-electron chi connectivity index (χ4n) is 2.94. The topological polar surface area (TPSA) is 38.3 Å². The lowest BCUT2D eigenvalue weighted by Gasteiger charge is -2.22. The van der Waals surface area contributed by atoms with Crippen LogP contribution in [-0.2, 0) is 0 Å². The Morgan fingerprint density at radius 2 is 1.52 bits per heavy atom. The highest BCUT2D eigenvalue weighted by molar-refractivity contribution is 5.97. The van der Waals surface area contributed by atoms with Gasteiger partial charge in [-0.15, -0.1) is 0 Å². The van der Waals surface area contributed by atoms with Crippen LogP contribution in [0.1, 0.15) is 33.1 Å². The van der Waals surface area contributed by atoms with Gasteiger partial charge in [0.05, 0.1) is 18.7 Å². The van der Waals surface area contributed by atoms with Gasteiger partial charge in [-0.05, 0) is 35.7 Å². The average molecular weight is 331 g/mol. The number of amides is 1. The molecule has 0 aliphatic rings. The Morgan fingerprint density at radius 1 is 0.880 bits per heavy atom. The minimum absolute atomic E-state index is 0.158. The van der Waals surface area contributed by atoms with E-state index in [2.05, 4.69) is 24.4 Å². The number of benzene rings is 3. The van der Waals surface area contributed by atoms with E-state index in [4.69, 9.17) is 4.74 Å². The van der Waals surface area contributed by atoms with Gasteiger partial charge in [0.1, 0.15) is 5.75 Å². The fourth-order valence-corrected chi connectivity index (χ4v) is 2.94. The highest BCUT2D eigenvalue weighted by Crippen LogP contribution is 2.26. The van der Waals surface area contributed by atoms with Crippen molar-refractivity contribution >= 4 is 5.91 Å². The molecule has 3 aromatic rings. The van der Waals surface area contributed by atoms with Crippen molar-refractivity contribution in [3.63, 3.8) is 0 Å². The van der Waals surface area contributed by atoms with Crippen LogP contribution < -0.4 is 10.1 Å². The van der Waals surface area contributed by atoms with Gasteiger partial charge in [-0.2, -0.15) is 0 Å². The van der Waals surface area contributed by atoms with Gasteiger partial charge in [-0.25, -0.2) is 0 Å². The zero-order valence-corrected chi connectivity index (χ0v) is 14.4. The summed E-state index contributed by atoms with van der Waals surface area (Å²) in [5.41, 5.74) is 3.79. The Morgan fingerprint density at radius 3 is 2.24 bits per heavy atom. The number of nitrogens with one attached hydrogen (secondary N) is 1. The van der Waals surface area contributed by atoms with Crippen molar-refractivity contribution in [1.82, 2.24) is 5.32 Å². The molecule has 3 heteroatoms. The van der Waals surface area contributed by atoms with Crippen LogP contribution in [0.5, 0.6) is 5.75 Å². The SMILES string of the molecule is COc1ccccc1C(=O)N[C@H](c1ccccc1)c1ccccc1C. The second-order valence-electron chi connectivity index (χ2n) is 5.87. The van der Waals surface area contributed by atoms with E-state index < -0.39 is 0 Å². The first-order chi connectivity index (χ1) is 12.2. The van der Waals surface area contributed by atoms with E-state index in [-0.39, 0.29) is 11.9 Å². The summed E-state index contributed by atoms with van der Waals surface area (Å²) in [5.74, 6) is 0.408. The third kappa shape index (κ3) is 3.72. The van der Waals surface area contributed by atoms with Crippen molar-refractivity contribution in [2.24, 2.45) is 0 Å². The largest absolute Gasteiger partial charge is 0.496 e. The number of hydrogen-bond acceptors (Lipinski definition) is 2. The van der Waals surface area contributed by atoms with Crippen LogP contribution in [-0.4, -0.2) is 13.0 Å². The fraction of sp³-hybridized carbons (Fsp3) is 0.136. The normalized spacial score (nSPS) is 11.6. The first-order valence-electron chi connectivity index (χ1n) is 8.25. The van der Waals surface area contributed by atoms with Crippen molar-refractivity contribution in [2.75, 3.05) is 7.11 Å². The highest BCUT2D eigenvalue weighted by Gasteiger charge is 2.20. The summed E-state index contributed by atoms with van der Waals surface area (Å²) in [5, 5.41) is 3.16. The lowest BCUT2D eigenvalue weighted by molar-refractivity contribution is 0.0940. The molecule has 0 saturated carbocycles. The van der Waals surface area contributed by atoms with Crippen molar-refractivity contribution in [1.29, 1.82) is 0 Å². The zero-order chi connectivity index (χ0) is 17.6. The molecule has 0 spiro atoms. The Kier molecular flexibility index (Phi) is 5.14. The minimum Gasteiger partial charge on any atom is -0.496 e. The molecular formula is C22H21NO2. The molecule has 3 aromatic carbocycles. The van der Waals surface area contributed by atoms with Crippen LogP contribution in [0.4, 0.5) is 0 Å². The lowest BCUT2D eigenvalue weighted by Crippen LogP contribution is -2.30. The van der Waals surface area contributed by atoms with Crippen LogP contribution in [0.25, 0.3) is 0 Å². The van der Waals surface area contributed by atoms with Crippen molar-refractivity contribution < 1.29 is 9.53 Å². The van der Waals surface area contributed by atoms with E-state index in [0.29, 0.717) is 11.3 Å². The van der Waals surface area contributed by atoms with Gasteiger partial charge in [0.25, 0.3) is 5.91 Å². The molecule has 1 atom stereocenters. The van der Waals surface area contributed by atoms with Gasteiger partial charge in [0, 0.05) is 0 Å². The van der Waals surface area contributed by atoms with Crippen LogP contribution >= 0.6 is 0 Å². The Balaban J connectivity index is 1.99. The van der Waals surface area contributed by atoms with Gasteiger partial charge >= 0.3 is 0 Å². The van der Waals surface area contributed by atoms with Crippen LogP contribution in [0.2, 0.25) is 0 Å². The van der Waals surface area contributed by atoms with E-state index in [1.165, 1.54) is 0 Å². The molecular weight excluding hydrogens is 310 g/mol. The molecule has 0 fully saturated rings. The molecule has 0 radical (unpaired) electrons. The second-order valence-corrected chi connectivity index (χ2v) is 5.87. The Hall–Kier alpha value is -3.07. The maximum Gasteiger partial charge on any atom is 0.255 e. The third-order valence-corrected chi connectivity index (χ3v) is 4.26. The summed E-state index contributed by atoms with van der Waals surface area (Å²) < 4.78 is 5.32. The monoisotopic (exact) mass is 331 g/mol. The maximum absolute atomic E-state index is 12.9. The van der Waals surface area contributed by atoms with Gasteiger partial charge in [-0.1, -0.05) is 66.7 Å². The predicted octanol–water partition coefficient (Wildman–Crippen LogP) is 4.52. The number of carbonyl (C=O) groups excluding carboxylic acids is 1. The van der Waals surface area contributed by atoms with E-state index in [1.807, 2.05) is 54.6 Å². The number of rotatable bonds is 5. The Bertz CT molecular complexity index is 859. The average Bonchev–Trinajstić information content (AvgIpc) is 2.67. The molecule has 0 aromatic heterocycles. The van der Waals surface area contributed by atoms with Crippen molar-refractivity contribution in [3.05, 3.63) is 101 Å². The maximum atomic E-state index is 12.9. The molecule has 0 saturated heterocycles. The molecule has 0 bridgehead atoms. The Labute approximate surface area is 148 Å². The van der Waals surface area contributed by atoms with Crippen molar-refractivity contribution in [2.45, 2.75) is 13.0 Å². The van der Waals surface area contributed by atoms with E-state index >= 15 is 0 Å². The first kappa shape index (κ1) is 16.8. The van der Waals surface area contributed by atoms with Crippen molar-refractivity contribution in [3.8, 4) is 5.75 Å². The van der Waals surface area contributed by atoms with Crippen LogP contribution in [0, 0.1) is 6.92 Å². The van der Waals surface area contributed by atoms with Crippen LogP contribution in [0.15, 0.2) is 78.9 Å². The van der Waals surface area contributed by atoms with Gasteiger partial charge < -0.3 is 10.1 Å². The minimum atomic E-state index is -0.222. The molecule has 0 aliphatic heterocycles. The number of aryl methyl sites for hydroxylation is 1. The van der Waals surface area contributed by atoms with Gasteiger partial charge in [0.2, 0.25) is 0 Å². The summed E-state index contributed by atoms with van der Waals surface area (Å²) in [7, 11) is 1.57. The summed E-state index contributed by atoms with van der Waals surface area (Å²) in [6, 6.07) is 25.1. The molecule has 25 heavy (non-hydrogen) atoms. The van der Waals surface area contributed by atoms with Crippen LogP contribution in [0.3, 0.4) is 0 Å². The lowest BCUT2D eigenvalue weighted by atomic mass is 9.94. The predicted molar refractivity (Wildman–Crippen MR) is 99.9 cm³/mol. The van der Waals surface area contributed by atoms with E-state index in [0.717, 1.165) is 16.7 Å². The summed E-state index contributed by atoms with van der Waals surface area (Å²) in [6.07, 6.45) is 0. The van der Waals surface area contributed by atoms with E-state index in [9.17, 15) is 4.79 Å². The molecule has 126 valence electrons. The quantitative estimate of drug-likeness (QED) is 0.746. The van der Waals surface area contributed by atoms with Gasteiger partial charge in [0.15, 0.2) is 0 Å². The molecule has 3 rings (SSSR count). The van der Waals surface area contributed by atoms with Gasteiger partial charge in [-0.3, -0.25) is 4.79 Å². The summed E-state index contributed by atoms with van der Waals surface area (Å²) in [4.78, 5) is 12.9. The molecule has 1 amide bonds. The number of carbonyl (C=O) groups is 1. The molecule has 0 unspecified atom stereocenters. The standard InChI is InChI=1S/C22H21NO2/c1-16-10-6-7-13-18(16)21(17-11-4-3-5-12-17)23-22(24)19-14-8-9-15-20(19)25-2/h3-15,21H,1-2H3,(H,23,24)/t21-/m1/s1. The third-order valence-electron chi connectivity index (χ3n) is 4.26. The summed E-state index contributed by atoms with van der Waals surface area (Å²) in [6.45, 7) is 2.06. The zero-order valence-electron chi connectivity index (χ0n) is 14.4. The number of methoxy groups -OCH3 is 1. The number of hydrogen-bond donors (Lipinski definition) is 1.